The molecule has 0 radical (unpaired) electrons. The first-order valence-corrected chi connectivity index (χ1v) is 35.6. The molecule has 121 heavy (non-hydrogen) atoms. The maximum Gasteiger partial charge on any atom is 0.258 e. The van der Waals surface area contributed by atoms with Crippen molar-refractivity contribution in [3.63, 3.8) is 0 Å². The Bertz CT molecular complexity index is 5690. The van der Waals surface area contributed by atoms with Crippen LogP contribution in [-0.2, 0) is 29.0 Å². The lowest BCUT2D eigenvalue weighted by molar-refractivity contribution is -0.123. The fourth-order valence-corrected chi connectivity index (χ4v) is 10.1. The van der Waals surface area contributed by atoms with Gasteiger partial charge in [-0.3, -0.25) is 19.2 Å². The van der Waals surface area contributed by atoms with E-state index < -0.39 is 23.5 Å². The van der Waals surface area contributed by atoms with Crippen LogP contribution in [0.4, 0.5) is 11.4 Å². The fraction of sp³-hybridized carbons (Fsp3) is 0.0690. The topological polar surface area (TPSA) is 580 Å². The van der Waals surface area contributed by atoms with E-state index in [1.807, 2.05) is 0 Å². The van der Waals surface area contributed by atoms with E-state index in [2.05, 4.69) is 26.3 Å². The molecular formula is C87H77N5O29. The van der Waals surface area contributed by atoms with E-state index in [0.29, 0.717) is 53.6 Å². The van der Waals surface area contributed by atoms with Crippen LogP contribution in [0.25, 0.3) is 0 Å². The second-order valence-corrected chi connectivity index (χ2v) is 25.4. The lowest BCUT2D eigenvalue weighted by Gasteiger charge is -2.13. The molecule has 24 N–H and O–H groups in total. The first kappa shape index (κ1) is 87.6. The lowest BCUT2D eigenvalue weighted by Crippen LogP contribution is -2.28. The Balaban J connectivity index is 0.000000172. The van der Waals surface area contributed by atoms with Gasteiger partial charge in [0.15, 0.2) is 127 Å². The Morgan fingerprint density at radius 2 is 0.636 bits per heavy atom. The molecule has 0 fully saturated rings. The number of nitrogens with zero attached hydrogens (tertiary/aromatic N) is 1. The molecule has 34 heteroatoms. The van der Waals surface area contributed by atoms with Crippen LogP contribution in [0.2, 0.25) is 0 Å². The molecule has 13 aromatic rings. The molecule has 0 bridgehead atoms. The van der Waals surface area contributed by atoms with Crippen molar-refractivity contribution in [3.05, 3.63) is 277 Å². The zero-order chi connectivity index (χ0) is 87.4. The van der Waals surface area contributed by atoms with Crippen LogP contribution in [0, 0.1) is 0 Å². The molecule has 4 amide bonds. The molecule has 624 valence electrons. The second-order valence-electron chi connectivity index (χ2n) is 25.4. The molecule has 0 saturated heterocycles. The summed E-state index contributed by atoms with van der Waals surface area (Å²) in [4.78, 5) is 52.0. The Morgan fingerprint density at radius 3 is 1.08 bits per heavy atom. The standard InChI is InChI=1S/2C19H15NO6.C17H13NO6.C17H19NO5.C15H15NO6/c21-15-7-1-11(9-17(15)23)19(25)20-12-2-4-13(5-3-12)26-14-6-8-16(22)18(24)10-14;21-14-7-5-11(9-16(14)23)19(25)20-13-3-1-2-4-18(13)26-12-6-8-15(22)17(24)10-12;19-12-6-4-10(8-14(12)21)23-16-2-1-3-17(18-16)24-11-5-7-13(20)15(22)9-11;19-13-4-1-11(9-15(13)21)3-6-17(23)18-8-7-12-2-5-14(20)16(22)10-12;17-11-3-1-9(5-13(11)19)7-16-15(21)8-22-10-2-4-12(18)14(20)6-10/h2*1-10,21-24H,(H,20,25);1-9,19-22H;1-2,4-5,9-10,19-22H,3,6-8H2,(H,18,23);1-6,17-20H,7-8H2,(H,16,21). The molecule has 0 atom stereocenters. The van der Waals surface area contributed by atoms with Crippen LogP contribution in [0.1, 0.15) is 43.8 Å². The summed E-state index contributed by atoms with van der Waals surface area (Å²) in [5, 5.41) is 197. The molecule has 0 spiro atoms. The monoisotopic (exact) mass is 1660 g/mol. The quantitative estimate of drug-likeness (QED) is 0.0264. The van der Waals surface area contributed by atoms with E-state index in [1.54, 1.807) is 84.9 Å². The van der Waals surface area contributed by atoms with E-state index in [0.717, 1.165) is 17.2 Å². The number of phenolic OH excluding ortho intramolecular Hbond substituents is 20. The number of anilines is 2. The Hall–Kier alpha value is -17.3. The van der Waals surface area contributed by atoms with E-state index in [9.17, 15) is 116 Å². The fourth-order valence-electron chi connectivity index (χ4n) is 10.1. The number of carbonyl (C=O) groups excluding carboxylic acids is 4. The minimum atomic E-state index is -0.509. The van der Waals surface area contributed by atoms with Gasteiger partial charge in [-0.05, 0) is 199 Å². The highest BCUT2D eigenvalue weighted by atomic mass is 16.5. The van der Waals surface area contributed by atoms with Gasteiger partial charge in [0.1, 0.15) is 34.5 Å². The highest BCUT2D eigenvalue weighted by Crippen LogP contribution is 2.39. The minimum absolute atomic E-state index is 0.124. The average Bonchev–Trinajstić information content (AvgIpc) is 0.832. The van der Waals surface area contributed by atoms with Crippen molar-refractivity contribution in [1.82, 2.24) is 15.6 Å². The predicted molar refractivity (Wildman–Crippen MR) is 433 cm³/mol. The van der Waals surface area contributed by atoms with Crippen LogP contribution < -0.4 is 45.0 Å². The van der Waals surface area contributed by atoms with Gasteiger partial charge in [0, 0.05) is 78.8 Å². The van der Waals surface area contributed by atoms with Crippen molar-refractivity contribution in [3.8, 4) is 167 Å². The Kier molecular flexibility index (Phi) is 30.1. The summed E-state index contributed by atoms with van der Waals surface area (Å²) in [6.45, 7) is 0.315. The number of pyridine rings is 1. The number of carbonyl (C=O) groups is 4. The van der Waals surface area contributed by atoms with Crippen LogP contribution in [0.5, 0.6) is 167 Å². The van der Waals surface area contributed by atoms with Gasteiger partial charge >= 0.3 is 0 Å². The van der Waals surface area contributed by atoms with Crippen molar-refractivity contribution in [1.29, 1.82) is 0 Å². The Labute approximate surface area is 685 Å². The summed E-state index contributed by atoms with van der Waals surface area (Å²) < 4.78 is 27.3. The molecule has 13 rings (SSSR count). The lowest BCUT2D eigenvalue weighted by atomic mass is 10.1. The molecule has 34 nitrogen and oxygen atoms in total. The van der Waals surface area contributed by atoms with Gasteiger partial charge in [0.2, 0.25) is 17.7 Å². The number of hydrogen-bond donors (Lipinski definition) is 24. The molecule has 0 aliphatic heterocycles. The maximum atomic E-state index is 12.3. The highest BCUT2D eigenvalue weighted by molar-refractivity contribution is 6.06. The molecule has 1 aromatic heterocycles. The van der Waals surface area contributed by atoms with E-state index >= 15 is 0 Å². The summed E-state index contributed by atoms with van der Waals surface area (Å²) >= 11 is 0. The van der Waals surface area contributed by atoms with E-state index in [-0.39, 0.29) is 181 Å². The molecule has 0 saturated carbocycles. The van der Waals surface area contributed by atoms with Crippen molar-refractivity contribution in [2.75, 3.05) is 23.8 Å². The molecule has 12 aromatic carbocycles. The second kappa shape index (κ2) is 41.6. The minimum Gasteiger partial charge on any atom is -0.504 e. The molecular weight excluding hydrogens is 1580 g/mol. The highest BCUT2D eigenvalue weighted by Gasteiger charge is 2.17. The normalized spacial score (nSPS) is 10.3. The van der Waals surface area contributed by atoms with Crippen molar-refractivity contribution < 1.29 is 145 Å². The predicted octanol–water partition coefficient (Wildman–Crippen LogP) is 13.6. The molecule has 1 heterocycles. The van der Waals surface area contributed by atoms with Crippen molar-refractivity contribution in [2.24, 2.45) is 0 Å². The van der Waals surface area contributed by atoms with Crippen LogP contribution in [0.15, 0.2) is 249 Å². The average molecular weight is 1660 g/mol. The van der Waals surface area contributed by atoms with Crippen molar-refractivity contribution >= 4 is 35.0 Å². The number of ether oxygens (including phenoxy) is 5. The van der Waals surface area contributed by atoms with E-state index in [4.69, 9.17) is 28.8 Å². The van der Waals surface area contributed by atoms with Crippen molar-refractivity contribution in [2.45, 2.75) is 25.8 Å². The number of rotatable bonds is 23. The smallest absolute Gasteiger partial charge is 0.258 e. The van der Waals surface area contributed by atoms with Gasteiger partial charge < -0.3 is 147 Å². The van der Waals surface area contributed by atoms with Gasteiger partial charge in [0.25, 0.3) is 17.7 Å². The summed E-state index contributed by atoms with van der Waals surface area (Å²) in [5.41, 5.74) is 3.40. The zero-order valence-electron chi connectivity index (χ0n) is 63.0. The van der Waals surface area contributed by atoms with Gasteiger partial charge in [0.05, 0.1) is 5.69 Å². The third-order valence-electron chi connectivity index (χ3n) is 16.4. The molecule has 0 unspecified atom stereocenters. The summed E-state index contributed by atoms with van der Waals surface area (Å²) in [7, 11) is 0. The van der Waals surface area contributed by atoms with Gasteiger partial charge in [-0.2, -0.15) is 4.98 Å². The third-order valence-corrected chi connectivity index (χ3v) is 16.4. The number of benzene rings is 12. The number of para-hydroxylation sites is 2. The van der Waals surface area contributed by atoms with Gasteiger partial charge in [-0.15, -0.1) is 0 Å². The number of hydrogen-bond acceptors (Lipinski definition) is 30. The van der Waals surface area contributed by atoms with Crippen LogP contribution in [-0.4, -0.2) is 144 Å². The first-order chi connectivity index (χ1) is 57.8. The number of aromatic nitrogens is 1. The van der Waals surface area contributed by atoms with Crippen LogP contribution >= 0.6 is 0 Å². The molecule has 0 aliphatic carbocycles. The summed E-state index contributed by atoms with van der Waals surface area (Å²) in [5.74, 6) is -4.33. The first-order valence-electron chi connectivity index (χ1n) is 35.6. The zero-order valence-corrected chi connectivity index (χ0v) is 63.0. The maximum absolute atomic E-state index is 12.3. The van der Waals surface area contributed by atoms with Crippen LogP contribution in [0.3, 0.4) is 0 Å². The summed E-state index contributed by atoms with van der Waals surface area (Å²) in [6, 6.07) is 58.7. The molecule has 0 aliphatic rings. The Morgan fingerprint density at radius 1 is 0.281 bits per heavy atom. The largest absolute Gasteiger partial charge is 0.504 e. The SMILES string of the molecule is O=C(CCc1ccc(O)c(O)c1)NCCc1ccc(O)c(O)c1.O=C(COc1ccc(O)c(O)c1)NCc1ccc(O)c(O)c1.O=C(Nc1ccc(Oc2ccc(O)c(O)c2)cc1)c1ccc(O)c(O)c1.O=C(Nc1ccccc1Oc1ccc(O)c(O)c1)c1ccc(O)c(O)c1.Oc1ccc(Oc2cccc(Oc3ccc(O)c(O)c3)n2)cc1O. The number of aryl methyl sites for hydroxylation is 1. The number of aromatic hydroxyl groups is 20. The third kappa shape index (κ3) is 26.9. The van der Waals surface area contributed by atoms with Gasteiger partial charge in [-0.1, -0.05) is 36.4 Å². The number of phenols is 20. The number of amides is 4. The summed E-state index contributed by atoms with van der Waals surface area (Å²) in [6.07, 6.45) is 1.27. The van der Waals surface area contributed by atoms with E-state index in [1.165, 1.54) is 158 Å². The number of nitrogens with one attached hydrogen (secondary N) is 4. The van der Waals surface area contributed by atoms with Gasteiger partial charge in [-0.25, -0.2) is 0 Å².